The summed E-state index contributed by atoms with van der Waals surface area (Å²) in [6, 6.07) is 0. The lowest BCUT2D eigenvalue weighted by atomic mass is 10.5. The summed E-state index contributed by atoms with van der Waals surface area (Å²) in [5.74, 6) is 0.987. The molecule has 5 nitrogen and oxygen atoms in total. The summed E-state index contributed by atoms with van der Waals surface area (Å²) < 4.78 is 14.7. The molecule has 0 aromatic heterocycles. The van der Waals surface area contributed by atoms with Gasteiger partial charge in [-0.1, -0.05) is 0 Å². The molecule has 1 heterocycles. The van der Waals surface area contributed by atoms with Crippen molar-refractivity contribution in [2.24, 2.45) is 4.99 Å². The standard InChI is InChI=1S/C7H11N2O3/c1-10-5-4-6(11-2)9-7(8-5)12-3/h4,8H,1-3H3. The van der Waals surface area contributed by atoms with Gasteiger partial charge >= 0.3 is 6.35 Å². The quantitative estimate of drug-likeness (QED) is 0.645. The second-order valence-electron chi connectivity index (χ2n) is 2.00. The van der Waals surface area contributed by atoms with Crippen molar-refractivity contribution in [1.82, 2.24) is 5.32 Å². The van der Waals surface area contributed by atoms with Gasteiger partial charge in [0.25, 0.3) is 0 Å². The molecule has 0 fully saturated rings. The Bertz CT molecular complexity index is 213. The lowest BCUT2D eigenvalue weighted by Crippen LogP contribution is -2.27. The van der Waals surface area contributed by atoms with Crippen molar-refractivity contribution in [3.8, 4) is 0 Å². The highest BCUT2D eigenvalue weighted by atomic mass is 16.5. The van der Waals surface area contributed by atoms with Crippen molar-refractivity contribution in [3.05, 3.63) is 18.3 Å². The zero-order valence-corrected chi connectivity index (χ0v) is 7.25. The van der Waals surface area contributed by atoms with Crippen LogP contribution >= 0.6 is 0 Å². The highest BCUT2D eigenvalue weighted by molar-refractivity contribution is 5.89. The van der Waals surface area contributed by atoms with E-state index in [1.165, 1.54) is 14.2 Å². The third-order valence-corrected chi connectivity index (χ3v) is 1.32. The minimum Gasteiger partial charge on any atom is -0.482 e. The summed E-state index contributed by atoms with van der Waals surface area (Å²) in [6.07, 6.45) is 1.98. The van der Waals surface area contributed by atoms with E-state index in [2.05, 4.69) is 10.3 Å². The molecule has 12 heavy (non-hydrogen) atoms. The third-order valence-electron chi connectivity index (χ3n) is 1.32. The summed E-state index contributed by atoms with van der Waals surface area (Å²) in [7, 11) is 4.59. The van der Waals surface area contributed by atoms with E-state index < -0.39 is 0 Å². The normalized spacial score (nSPS) is 17.6. The molecule has 1 rings (SSSR count). The lowest BCUT2D eigenvalue weighted by Gasteiger charge is -2.18. The van der Waals surface area contributed by atoms with E-state index in [0.29, 0.717) is 18.1 Å². The molecule has 1 aliphatic heterocycles. The van der Waals surface area contributed by atoms with E-state index in [4.69, 9.17) is 14.2 Å². The Morgan fingerprint density at radius 1 is 1.17 bits per heavy atom. The van der Waals surface area contributed by atoms with E-state index in [9.17, 15) is 0 Å². The van der Waals surface area contributed by atoms with E-state index >= 15 is 0 Å². The molecular formula is C7H11N2O3. The van der Waals surface area contributed by atoms with Crippen molar-refractivity contribution in [3.63, 3.8) is 0 Å². The first-order chi connectivity index (χ1) is 5.80. The molecule has 67 valence electrons. The lowest BCUT2D eigenvalue weighted by molar-refractivity contribution is 0.151. The first-order valence-electron chi connectivity index (χ1n) is 3.36. The molecule has 0 aromatic rings. The van der Waals surface area contributed by atoms with Crippen LogP contribution in [-0.2, 0) is 14.2 Å². The van der Waals surface area contributed by atoms with Gasteiger partial charge in [0.2, 0.25) is 5.90 Å². The maximum absolute atomic E-state index is 4.94. The Morgan fingerprint density at radius 2 is 1.92 bits per heavy atom. The van der Waals surface area contributed by atoms with Crippen molar-refractivity contribution in [2.45, 2.75) is 0 Å². The molecule has 1 radical (unpaired) electrons. The van der Waals surface area contributed by atoms with Crippen LogP contribution in [0.3, 0.4) is 0 Å². The molecule has 0 bridgehead atoms. The average molecular weight is 171 g/mol. The molecule has 0 unspecified atom stereocenters. The van der Waals surface area contributed by atoms with E-state index in [-0.39, 0.29) is 0 Å². The third kappa shape index (κ3) is 1.88. The second kappa shape index (κ2) is 3.96. The first-order valence-corrected chi connectivity index (χ1v) is 3.36. The number of rotatable bonds is 2. The molecule has 0 aliphatic carbocycles. The van der Waals surface area contributed by atoms with Crippen LogP contribution in [0.1, 0.15) is 0 Å². The Labute approximate surface area is 71.0 Å². The molecule has 1 N–H and O–H groups in total. The Hall–Kier alpha value is -1.23. The highest BCUT2D eigenvalue weighted by Crippen LogP contribution is 2.09. The predicted octanol–water partition coefficient (Wildman–Crippen LogP) is 0.216. The van der Waals surface area contributed by atoms with Gasteiger partial charge in [-0.3, -0.25) is 0 Å². The van der Waals surface area contributed by atoms with Crippen molar-refractivity contribution in [2.75, 3.05) is 21.3 Å². The van der Waals surface area contributed by atoms with Gasteiger partial charge in [-0.25, -0.2) is 0 Å². The predicted molar refractivity (Wildman–Crippen MR) is 42.9 cm³/mol. The Kier molecular flexibility index (Phi) is 2.93. The number of aliphatic imine (C=N–C) groups is 1. The zero-order chi connectivity index (χ0) is 8.97. The number of hydrogen-bond acceptors (Lipinski definition) is 5. The SMILES string of the molecule is CO[C]1N=C(OC)C=C(OC)N1. The number of nitrogens with zero attached hydrogens (tertiary/aromatic N) is 1. The minimum absolute atomic E-state index is 0.353. The summed E-state index contributed by atoms with van der Waals surface area (Å²) in [5, 5.41) is 2.78. The topological polar surface area (TPSA) is 52.1 Å². The fourth-order valence-corrected chi connectivity index (χ4v) is 0.725. The van der Waals surface area contributed by atoms with E-state index in [0.717, 1.165) is 0 Å². The van der Waals surface area contributed by atoms with Crippen molar-refractivity contribution >= 4 is 5.90 Å². The van der Waals surface area contributed by atoms with Gasteiger partial charge in [0.1, 0.15) is 0 Å². The van der Waals surface area contributed by atoms with Crippen LogP contribution in [0, 0.1) is 6.35 Å². The zero-order valence-electron chi connectivity index (χ0n) is 7.25. The van der Waals surface area contributed by atoms with Crippen molar-refractivity contribution < 1.29 is 14.2 Å². The largest absolute Gasteiger partial charge is 0.482 e. The molecule has 0 atom stereocenters. The van der Waals surface area contributed by atoms with E-state index in [1.54, 1.807) is 13.2 Å². The van der Waals surface area contributed by atoms with E-state index in [1.807, 2.05) is 0 Å². The van der Waals surface area contributed by atoms with Crippen molar-refractivity contribution in [1.29, 1.82) is 0 Å². The second-order valence-corrected chi connectivity index (χ2v) is 2.00. The smallest absolute Gasteiger partial charge is 0.315 e. The van der Waals surface area contributed by atoms with Crippen LogP contribution in [0.2, 0.25) is 0 Å². The van der Waals surface area contributed by atoms with Gasteiger partial charge in [-0.05, 0) is 0 Å². The van der Waals surface area contributed by atoms with Gasteiger partial charge in [-0.15, -0.1) is 0 Å². The van der Waals surface area contributed by atoms with Gasteiger partial charge in [-0.2, -0.15) is 4.99 Å². The Morgan fingerprint density at radius 3 is 2.42 bits per heavy atom. The maximum Gasteiger partial charge on any atom is 0.315 e. The van der Waals surface area contributed by atoms with Crippen LogP contribution in [0.15, 0.2) is 17.0 Å². The minimum atomic E-state index is 0.353. The number of hydrogen-bond donors (Lipinski definition) is 1. The molecule has 1 aliphatic rings. The summed E-state index contributed by atoms with van der Waals surface area (Å²) in [4.78, 5) is 3.94. The first kappa shape index (κ1) is 8.86. The van der Waals surface area contributed by atoms with Gasteiger partial charge in [0, 0.05) is 7.11 Å². The molecule has 0 saturated heterocycles. The fourth-order valence-electron chi connectivity index (χ4n) is 0.725. The molecule has 0 amide bonds. The summed E-state index contributed by atoms with van der Waals surface area (Å²) in [5.41, 5.74) is 0. The molecule has 0 saturated carbocycles. The molecule has 5 heteroatoms. The van der Waals surface area contributed by atoms with Gasteiger partial charge in [0.15, 0.2) is 5.88 Å². The van der Waals surface area contributed by atoms with Gasteiger partial charge < -0.3 is 19.5 Å². The molecule has 0 aromatic carbocycles. The molecular weight excluding hydrogens is 160 g/mol. The van der Waals surface area contributed by atoms with Crippen LogP contribution in [0.5, 0.6) is 0 Å². The number of methoxy groups -OCH3 is 3. The number of ether oxygens (including phenoxy) is 3. The Balaban J connectivity index is 2.70. The highest BCUT2D eigenvalue weighted by Gasteiger charge is 2.17. The van der Waals surface area contributed by atoms with Crippen LogP contribution < -0.4 is 5.32 Å². The summed E-state index contributed by atoms with van der Waals surface area (Å²) in [6.45, 7) is 0. The van der Waals surface area contributed by atoms with Crippen LogP contribution in [-0.4, -0.2) is 27.2 Å². The fraction of sp³-hybridized carbons (Fsp3) is 0.429. The van der Waals surface area contributed by atoms with Crippen LogP contribution in [0.4, 0.5) is 0 Å². The monoisotopic (exact) mass is 171 g/mol. The number of nitrogens with one attached hydrogen (secondary N) is 1. The maximum atomic E-state index is 4.94. The average Bonchev–Trinajstić information content (AvgIpc) is 2.16. The van der Waals surface area contributed by atoms with Crippen LogP contribution in [0.25, 0.3) is 0 Å². The van der Waals surface area contributed by atoms with Gasteiger partial charge in [0.05, 0.1) is 20.3 Å². The summed E-state index contributed by atoms with van der Waals surface area (Å²) >= 11 is 0. The molecule has 0 spiro atoms.